The van der Waals surface area contributed by atoms with Gasteiger partial charge in [0, 0.05) is 6.61 Å². The van der Waals surface area contributed by atoms with Crippen LogP contribution in [0.15, 0.2) is 0 Å². The highest BCUT2D eigenvalue weighted by Crippen LogP contribution is 2.48. The number of rotatable bonds is 7. The van der Waals surface area contributed by atoms with Crippen molar-refractivity contribution in [3.63, 3.8) is 0 Å². The smallest absolute Gasteiger partial charge is 0.186 e. The van der Waals surface area contributed by atoms with Crippen LogP contribution in [0.2, 0.25) is 0 Å². The van der Waals surface area contributed by atoms with Gasteiger partial charge in [0.05, 0.1) is 18.8 Å². The van der Waals surface area contributed by atoms with Gasteiger partial charge in [-0.25, -0.2) is 0 Å². The summed E-state index contributed by atoms with van der Waals surface area (Å²) in [5, 5.41) is 59.2. The Labute approximate surface area is 167 Å². The summed E-state index contributed by atoms with van der Waals surface area (Å²) in [6.45, 7) is 7.70. The highest BCUT2D eigenvalue weighted by molar-refractivity contribution is 4.94. The first-order chi connectivity index (χ1) is 13.0. The van der Waals surface area contributed by atoms with Gasteiger partial charge in [-0.1, -0.05) is 20.8 Å². The van der Waals surface area contributed by atoms with Crippen LogP contribution in [-0.4, -0.2) is 86.8 Å². The van der Waals surface area contributed by atoms with E-state index in [1.165, 1.54) is 0 Å². The van der Waals surface area contributed by atoms with Gasteiger partial charge in [-0.05, 0) is 49.4 Å². The van der Waals surface area contributed by atoms with Crippen molar-refractivity contribution in [2.45, 2.75) is 89.9 Å². The fourth-order valence-corrected chi connectivity index (χ4v) is 5.52. The van der Waals surface area contributed by atoms with Crippen LogP contribution < -0.4 is 0 Å². The lowest BCUT2D eigenvalue weighted by molar-refractivity contribution is -0.311. The lowest BCUT2D eigenvalue weighted by atomic mass is 9.58. The minimum absolute atomic E-state index is 0.00760. The van der Waals surface area contributed by atoms with E-state index >= 15 is 0 Å². The molecule has 0 aromatic rings. The van der Waals surface area contributed by atoms with Gasteiger partial charge in [-0.2, -0.15) is 0 Å². The van der Waals surface area contributed by atoms with Crippen molar-refractivity contribution in [2.24, 2.45) is 23.2 Å². The lowest BCUT2D eigenvalue weighted by Crippen LogP contribution is -2.59. The molecule has 0 spiro atoms. The second-order valence-corrected chi connectivity index (χ2v) is 9.41. The molecule has 2 aliphatic rings. The number of aliphatic hydroxyl groups excluding tert-OH is 6. The molecule has 1 aliphatic heterocycles. The Kier molecular flexibility index (Phi) is 8.26. The van der Waals surface area contributed by atoms with E-state index in [0.717, 1.165) is 0 Å². The molecule has 2 unspecified atom stereocenters. The maximum Gasteiger partial charge on any atom is 0.186 e. The van der Waals surface area contributed by atoms with E-state index in [1.54, 1.807) is 0 Å². The van der Waals surface area contributed by atoms with Crippen molar-refractivity contribution in [3.8, 4) is 0 Å². The molecule has 0 aromatic heterocycles. The molecule has 1 saturated heterocycles. The second-order valence-electron chi connectivity index (χ2n) is 9.41. The minimum Gasteiger partial charge on any atom is -0.396 e. The fraction of sp³-hybridized carbons (Fsp3) is 1.00. The Morgan fingerprint density at radius 1 is 1.00 bits per heavy atom. The van der Waals surface area contributed by atoms with Crippen LogP contribution in [0.3, 0.4) is 0 Å². The number of hydrogen-bond acceptors (Lipinski definition) is 8. The van der Waals surface area contributed by atoms with Gasteiger partial charge in [0.2, 0.25) is 0 Å². The topological polar surface area (TPSA) is 140 Å². The zero-order valence-corrected chi connectivity index (χ0v) is 17.3. The molecule has 0 amide bonds. The van der Waals surface area contributed by atoms with Crippen molar-refractivity contribution in [3.05, 3.63) is 0 Å². The van der Waals surface area contributed by atoms with Gasteiger partial charge in [0.1, 0.15) is 24.4 Å². The fourth-order valence-electron chi connectivity index (χ4n) is 5.52. The zero-order chi connectivity index (χ0) is 21.2. The first kappa shape index (κ1) is 24.0. The van der Waals surface area contributed by atoms with Crippen LogP contribution in [0.5, 0.6) is 0 Å². The minimum atomic E-state index is -1.46. The van der Waals surface area contributed by atoms with Gasteiger partial charge in [-0.15, -0.1) is 0 Å². The third kappa shape index (κ3) is 5.23. The molecule has 28 heavy (non-hydrogen) atoms. The molecule has 8 nitrogen and oxygen atoms in total. The largest absolute Gasteiger partial charge is 0.396 e. The Hall–Kier alpha value is -0.320. The predicted octanol–water partition coefficient (Wildman–Crippen LogP) is -0.377. The van der Waals surface area contributed by atoms with Crippen LogP contribution in [0.1, 0.15) is 47.0 Å². The standard InChI is InChI=1S/C20H38O8/c1-10(15-12(8-21)6-13(23)7-20(15,3)4)5-11(2)27-19-18(26)17(25)16(24)14(9-22)28-19/h10-19,21-26H,5-9H2,1-4H3/t10?,11?,12-,13+,14-,15-,16-,17+,18-,19-/m1/s1. The molecule has 1 saturated carbocycles. The van der Waals surface area contributed by atoms with Crippen molar-refractivity contribution >= 4 is 0 Å². The Morgan fingerprint density at radius 2 is 1.64 bits per heavy atom. The Balaban J connectivity index is 2.00. The van der Waals surface area contributed by atoms with Crippen LogP contribution >= 0.6 is 0 Å². The molecule has 2 fully saturated rings. The van der Waals surface area contributed by atoms with Crippen molar-refractivity contribution in [2.75, 3.05) is 13.2 Å². The quantitative estimate of drug-likeness (QED) is 0.336. The van der Waals surface area contributed by atoms with E-state index in [1.807, 2.05) is 6.92 Å². The molecule has 2 rings (SSSR count). The third-order valence-electron chi connectivity index (χ3n) is 6.51. The van der Waals surface area contributed by atoms with Crippen LogP contribution in [0.25, 0.3) is 0 Å². The highest BCUT2D eigenvalue weighted by Gasteiger charge is 2.46. The number of ether oxygens (including phenoxy) is 2. The summed E-state index contributed by atoms with van der Waals surface area (Å²) < 4.78 is 11.2. The van der Waals surface area contributed by atoms with Crippen molar-refractivity contribution in [1.82, 2.24) is 0 Å². The van der Waals surface area contributed by atoms with Crippen molar-refractivity contribution in [1.29, 1.82) is 0 Å². The van der Waals surface area contributed by atoms with E-state index in [9.17, 15) is 30.6 Å². The summed E-state index contributed by atoms with van der Waals surface area (Å²) in [5.41, 5.74) is -0.132. The average Bonchev–Trinajstić information content (AvgIpc) is 2.60. The van der Waals surface area contributed by atoms with Gasteiger partial charge in [0.15, 0.2) is 6.29 Å². The molecule has 1 aliphatic carbocycles. The summed E-state index contributed by atoms with van der Waals surface area (Å²) in [6.07, 6.45) is -5.25. The zero-order valence-electron chi connectivity index (χ0n) is 17.3. The number of aliphatic hydroxyl groups is 6. The normalized spacial score (nSPS) is 43.5. The van der Waals surface area contributed by atoms with Crippen LogP contribution in [-0.2, 0) is 9.47 Å². The summed E-state index contributed by atoms with van der Waals surface area (Å²) in [6, 6.07) is 0. The molecule has 1 heterocycles. The van der Waals surface area contributed by atoms with E-state index in [4.69, 9.17) is 9.47 Å². The summed E-state index contributed by atoms with van der Waals surface area (Å²) in [5.74, 6) is 0.384. The molecular weight excluding hydrogens is 368 g/mol. The first-order valence-corrected chi connectivity index (χ1v) is 10.3. The lowest BCUT2D eigenvalue weighted by Gasteiger charge is -2.49. The van der Waals surface area contributed by atoms with E-state index < -0.39 is 43.4 Å². The monoisotopic (exact) mass is 406 g/mol. The summed E-state index contributed by atoms with van der Waals surface area (Å²) in [4.78, 5) is 0. The van der Waals surface area contributed by atoms with Gasteiger partial charge in [-0.3, -0.25) is 0 Å². The molecular formula is C20H38O8. The molecule has 0 aromatic carbocycles. The maximum absolute atomic E-state index is 10.1. The number of hydrogen-bond donors (Lipinski definition) is 6. The van der Waals surface area contributed by atoms with Crippen LogP contribution in [0.4, 0.5) is 0 Å². The summed E-state index contributed by atoms with van der Waals surface area (Å²) in [7, 11) is 0. The van der Waals surface area contributed by atoms with Gasteiger partial charge >= 0.3 is 0 Å². The second kappa shape index (κ2) is 9.66. The van der Waals surface area contributed by atoms with Gasteiger partial charge in [0.25, 0.3) is 0 Å². The van der Waals surface area contributed by atoms with Crippen molar-refractivity contribution < 1.29 is 40.1 Å². The highest BCUT2D eigenvalue weighted by atomic mass is 16.7. The van der Waals surface area contributed by atoms with E-state index in [-0.39, 0.29) is 35.9 Å². The average molecular weight is 407 g/mol. The molecule has 166 valence electrons. The SMILES string of the molecule is CC(CC(C)[C@@H]1[C@@H](CO)C[C@H](O)CC1(C)C)O[C@@H]1O[C@H](CO)[C@@H](O)[C@H](O)[C@H]1O. The molecule has 0 radical (unpaired) electrons. The van der Waals surface area contributed by atoms with E-state index in [2.05, 4.69) is 20.8 Å². The molecule has 8 heteroatoms. The van der Waals surface area contributed by atoms with Gasteiger partial charge < -0.3 is 40.1 Å². The first-order valence-electron chi connectivity index (χ1n) is 10.3. The molecule has 6 N–H and O–H groups in total. The Bertz CT molecular complexity index is 485. The van der Waals surface area contributed by atoms with E-state index in [0.29, 0.717) is 19.3 Å². The van der Waals surface area contributed by atoms with Crippen LogP contribution in [0, 0.1) is 23.2 Å². The summed E-state index contributed by atoms with van der Waals surface area (Å²) >= 11 is 0. The Morgan fingerprint density at radius 3 is 2.21 bits per heavy atom. The molecule has 10 atom stereocenters. The maximum atomic E-state index is 10.1. The predicted molar refractivity (Wildman–Crippen MR) is 101 cm³/mol. The molecule has 0 bridgehead atoms. The third-order valence-corrected chi connectivity index (χ3v) is 6.51.